The highest BCUT2D eigenvalue weighted by atomic mass is 35.5. The van der Waals surface area contributed by atoms with E-state index in [9.17, 15) is 4.39 Å². The van der Waals surface area contributed by atoms with Gasteiger partial charge in [0, 0.05) is 18.3 Å². The van der Waals surface area contributed by atoms with Gasteiger partial charge >= 0.3 is 0 Å². The second-order valence-electron chi connectivity index (χ2n) is 4.81. The number of hydrogen-bond acceptors (Lipinski definition) is 1. The van der Waals surface area contributed by atoms with E-state index >= 15 is 0 Å². The van der Waals surface area contributed by atoms with E-state index in [0.29, 0.717) is 11.2 Å². The predicted molar refractivity (Wildman–Crippen MR) is 82.3 cm³/mol. The normalized spacial score (nSPS) is 19.3. The standard InChI is InChI=1S/C14H18ClFN2S/c1-2-11-5-3-4-8-18(11)14(19)17-10-6-7-13(16)12(15)9-10/h6-7,9,11H,2-5,8H2,1H3,(H,17,19)/t11-/m0/s1. The van der Waals surface area contributed by atoms with Crippen LogP contribution < -0.4 is 5.32 Å². The molecule has 104 valence electrons. The Bertz CT molecular complexity index is 467. The molecule has 1 atom stereocenters. The minimum Gasteiger partial charge on any atom is -0.346 e. The van der Waals surface area contributed by atoms with Gasteiger partial charge in [-0.2, -0.15) is 0 Å². The molecule has 0 saturated carbocycles. The number of rotatable bonds is 2. The molecule has 1 aromatic carbocycles. The van der Waals surface area contributed by atoms with Crippen molar-refractivity contribution < 1.29 is 4.39 Å². The van der Waals surface area contributed by atoms with Crippen LogP contribution in [0.4, 0.5) is 10.1 Å². The third-order valence-corrected chi connectivity index (χ3v) is 4.16. The molecule has 19 heavy (non-hydrogen) atoms. The smallest absolute Gasteiger partial charge is 0.173 e. The third-order valence-electron chi connectivity index (χ3n) is 3.53. The van der Waals surface area contributed by atoms with Gasteiger partial charge in [-0.3, -0.25) is 0 Å². The summed E-state index contributed by atoms with van der Waals surface area (Å²) in [5.41, 5.74) is 0.733. The predicted octanol–water partition coefficient (Wildman–Crippen LogP) is 4.44. The fraction of sp³-hybridized carbons (Fsp3) is 0.500. The van der Waals surface area contributed by atoms with Crippen LogP contribution in [0.15, 0.2) is 18.2 Å². The van der Waals surface area contributed by atoms with Crippen molar-refractivity contribution in [3.63, 3.8) is 0 Å². The summed E-state index contributed by atoms with van der Waals surface area (Å²) in [6, 6.07) is 5.07. The van der Waals surface area contributed by atoms with E-state index in [1.165, 1.54) is 25.3 Å². The first-order valence-corrected chi connectivity index (χ1v) is 7.43. The van der Waals surface area contributed by atoms with Crippen molar-refractivity contribution >= 4 is 34.6 Å². The Kier molecular flexibility index (Phi) is 4.99. The Hall–Kier alpha value is -0.870. The lowest BCUT2D eigenvalue weighted by molar-refractivity contribution is 0.239. The Labute approximate surface area is 123 Å². The molecule has 1 aromatic rings. The lowest BCUT2D eigenvalue weighted by atomic mass is 10.0. The Balaban J connectivity index is 2.05. The summed E-state index contributed by atoms with van der Waals surface area (Å²) in [6.45, 7) is 3.17. The van der Waals surface area contributed by atoms with Gasteiger partial charge in [-0.15, -0.1) is 0 Å². The first-order chi connectivity index (χ1) is 9.11. The van der Waals surface area contributed by atoms with Crippen molar-refractivity contribution in [2.24, 2.45) is 0 Å². The summed E-state index contributed by atoms with van der Waals surface area (Å²) in [5.74, 6) is -0.414. The van der Waals surface area contributed by atoms with Crippen LogP contribution in [0.25, 0.3) is 0 Å². The monoisotopic (exact) mass is 300 g/mol. The van der Waals surface area contributed by atoms with Gasteiger partial charge in [0.25, 0.3) is 0 Å². The zero-order chi connectivity index (χ0) is 13.8. The van der Waals surface area contributed by atoms with Gasteiger partial charge < -0.3 is 10.2 Å². The molecule has 1 aliphatic heterocycles. The molecular weight excluding hydrogens is 283 g/mol. The summed E-state index contributed by atoms with van der Waals surface area (Å²) in [7, 11) is 0. The number of anilines is 1. The topological polar surface area (TPSA) is 15.3 Å². The zero-order valence-corrected chi connectivity index (χ0v) is 12.5. The van der Waals surface area contributed by atoms with Gasteiger partial charge in [-0.25, -0.2) is 4.39 Å². The lowest BCUT2D eigenvalue weighted by Gasteiger charge is -2.37. The first-order valence-electron chi connectivity index (χ1n) is 6.64. The van der Waals surface area contributed by atoms with Crippen molar-refractivity contribution in [2.45, 2.75) is 38.6 Å². The van der Waals surface area contributed by atoms with Crippen LogP contribution in [-0.4, -0.2) is 22.6 Å². The number of halogens is 2. The number of nitrogens with zero attached hydrogens (tertiary/aromatic N) is 1. The van der Waals surface area contributed by atoms with Crippen molar-refractivity contribution in [1.82, 2.24) is 4.90 Å². The molecule has 1 aliphatic rings. The maximum atomic E-state index is 13.1. The molecule has 1 N–H and O–H groups in total. The van der Waals surface area contributed by atoms with Crippen LogP contribution >= 0.6 is 23.8 Å². The van der Waals surface area contributed by atoms with Crippen molar-refractivity contribution in [3.8, 4) is 0 Å². The summed E-state index contributed by atoms with van der Waals surface area (Å²) in [4.78, 5) is 2.23. The summed E-state index contributed by atoms with van der Waals surface area (Å²) >= 11 is 11.2. The summed E-state index contributed by atoms with van der Waals surface area (Å²) in [5, 5.41) is 3.96. The average Bonchev–Trinajstić information content (AvgIpc) is 2.43. The minimum atomic E-state index is -0.414. The highest BCUT2D eigenvalue weighted by molar-refractivity contribution is 7.80. The van der Waals surface area contributed by atoms with Crippen LogP contribution in [0.1, 0.15) is 32.6 Å². The van der Waals surface area contributed by atoms with E-state index in [4.69, 9.17) is 23.8 Å². The van der Waals surface area contributed by atoms with Gasteiger partial charge in [-0.1, -0.05) is 18.5 Å². The molecule has 0 aromatic heterocycles. The molecule has 0 radical (unpaired) electrons. The fourth-order valence-corrected chi connectivity index (χ4v) is 3.00. The van der Waals surface area contributed by atoms with Crippen LogP contribution in [-0.2, 0) is 0 Å². The average molecular weight is 301 g/mol. The van der Waals surface area contributed by atoms with E-state index in [1.807, 2.05) is 0 Å². The zero-order valence-electron chi connectivity index (χ0n) is 11.0. The molecule has 0 spiro atoms. The van der Waals surface area contributed by atoms with Crippen LogP contribution in [0.5, 0.6) is 0 Å². The van der Waals surface area contributed by atoms with E-state index in [1.54, 1.807) is 12.1 Å². The number of hydrogen-bond donors (Lipinski definition) is 1. The first kappa shape index (κ1) is 14.5. The summed E-state index contributed by atoms with van der Waals surface area (Å²) < 4.78 is 13.1. The van der Waals surface area contributed by atoms with E-state index in [2.05, 4.69) is 17.1 Å². The highest BCUT2D eigenvalue weighted by Crippen LogP contribution is 2.23. The molecule has 2 nitrogen and oxygen atoms in total. The largest absolute Gasteiger partial charge is 0.346 e. The molecule has 0 bridgehead atoms. The van der Waals surface area contributed by atoms with Crippen molar-refractivity contribution in [3.05, 3.63) is 29.0 Å². The number of nitrogens with one attached hydrogen (secondary N) is 1. The van der Waals surface area contributed by atoms with E-state index in [-0.39, 0.29) is 5.02 Å². The van der Waals surface area contributed by atoms with Gasteiger partial charge in [-0.05, 0) is 56.1 Å². The Morgan fingerprint density at radius 2 is 2.32 bits per heavy atom. The van der Waals surface area contributed by atoms with E-state index < -0.39 is 5.82 Å². The van der Waals surface area contributed by atoms with Gasteiger partial charge in [0.2, 0.25) is 0 Å². The minimum absolute atomic E-state index is 0.110. The lowest BCUT2D eigenvalue weighted by Crippen LogP contribution is -2.45. The van der Waals surface area contributed by atoms with Gasteiger partial charge in [0.15, 0.2) is 5.11 Å². The number of piperidine rings is 1. The number of thiocarbonyl (C=S) groups is 1. The van der Waals surface area contributed by atoms with Crippen LogP contribution in [0.3, 0.4) is 0 Å². The SMILES string of the molecule is CC[C@H]1CCCCN1C(=S)Nc1ccc(F)c(Cl)c1. The maximum Gasteiger partial charge on any atom is 0.173 e. The molecule has 2 rings (SSSR count). The third kappa shape index (κ3) is 3.57. The Morgan fingerprint density at radius 1 is 1.53 bits per heavy atom. The van der Waals surface area contributed by atoms with Crippen LogP contribution in [0.2, 0.25) is 5.02 Å². The van der Waals surface area contributed by atoms with Crippen molar-refractivity contribution in [2.75, 3.05) is 11.9 Å². The Morgan fingerprint density at radius 3 is 3.00 bits per heavy atom. The molecular formula is C14H18ClFN2S. The summed E-state index contributed by atoms with van der Waals surface area (Å²) in [6.07, 6.45) is 4.71. The maximum absolute atomic E-state index is 13.1. The van der Waals surface area contributed by atoms with E-state index in [0.717, 1.165) is 18.7 Å². The van der Waals surface area contributed by atoms with Gasteiger partial charge in [0.05, 0.1) is 5.02 Å². The molecule has 1 heterocycles. The van der Waals surface area contributed by atoms with Crippen molar-refractivity contribution in [1.29, 1.82) is 0 Å². The van der Waals surface area contributed by atoms with Crippen LogP contribution in [0, 0.1) is 5.82 Å². The highest BCUT2D eigenvalue weighted by Gasteiger charge is 2.22. The molecule has 0 amide bonds. The molecule has 0 aliphatic carbocycles. The second kappa shape index (κ2) is 6.53. The quantitative estimate of drug-likeness (QED) is 0.813. The fourth-order valence-electron chi connectivity index (χ4n) is 2.46. The molecule has 1 fully saturated rings. The second-order valence-corrected chi connectivity index (χ2v) is 5.60. The molecule has 1 saturated heterocycles. The molecule has 5 heteroatoms. The molecule has 0 unspecified atom stereocenters. The number of likely N-dealkylation sites (tertiary alicyclic amines) is 1. The number of benzene rings is 1. The van der Waals surface area contributed by atoms with Gasteiger partial charge in [0.1, 0.15) is 5.82 Å².